The Balaban J connectivity index is 1.41. The molecule has 13 heteroatoms. The zero-order valence-electron chi connectivity index (χ0n) is 18.2. The van der Waals surface area contributed by atoms with E-state index in [-0.39, 0.29) is 5.57 Å². The minimum absolute atomic E-state index is 0.0120. The number of halogens is 3. The number of nitriles is 1. The summed E-state index contributed by atoms with van der Waals surface area (Å²) in [7, 11) is 0. The lowest BCUT2D eigenvalue weighted by molar-refractivity contribution is -0.117. The van der Waals surface area contributed by atoms with Crippen molar-refractivity contribution in [2.24, 2.45) is 0 Å². The Bertz CT molecular complexity index is 1530. The Kier molecular flexibility index (Phi) is 6.89. The molecule has 4 aromatic rings. The van der Waals surface area contributed by atoms with Crippen molar-refractivity contribution in [3.8, 4) is 6.07 Å². The molecular weight excluding hydrogens is 543 g/mol. The molecule has 1 atom stereocenters. The lowest BCUT2D eigenvalue weighted by Crippen LogP contribution is -2.48. The molecule has 180 valence electrons. The van der Waals surface area contributed by atoms with Crippen LogP contribution in [0, 0.1) is 11.3 Å². The number of amides is 1. The highest BCUT2D eigenvalue weighted by Crippen LogP contribution is 2.31. The third kappa shape index (κ3) is 5.05. The predicted octanol–water partition coefficient (Wildman–Crippen LogP) is 5.39. The van der Waals surface area contributed by atoms with Crippen molar-refractivity contribution < 1.29 is 4.79 Å². The summed E-state index contributed by atoms with van der Waals surface area (Å²) in [6.45, 7) is 0. The minimum Gasteiger partial charge on any atom is -0.340 e. The maximum atomic E-state index is 12.4. The van der Waals surface area contributed by atoms with Gasteiger partial charge in [0.2, 0.25) is 0 Å². The van der Waals surface area contributed by atoms with Gasteiger partial charge in [0.25, 0.3) is 11.7 Å². The zero-order chi connectivity index (χ0) is 25.2. The van der Waals surface area contributed by atoms with Crippen molar-refractivity contribution in [3.05, 3.63) is 87.4 Å². The normalized spacial score (nSPS) is 15.4. The molecule has 2 aromatic heterocycles. The van der Waals surface area contributed by atoms with E-state index in [9.17, 15) is 10.1 Å². The molecule has 1 aliphatic rings. The summed E-state index contributed by atoms with van der Waals surface area (Å²) in [5.41, 5.74) is 1.71. The first-order valence-electron chi connectivity index (χ1n) is 10.4. The van der Waals surface area contributed by atoms with Crippen LogP contribution in [0.25, 0.3) is 5.78 Å². The van der Waals surface area contributed by atoms with Gasteiger partial charge in [-0.2, -0.15) is 19.9 Å². The van der Waals surface area contributed by atoms with Crippen LogP contribution >= 0.6 is 46.6 Å². The zero-order valence-corrected chi connectivity index (χ0v) is 21.3. The molecular formula is C23H15Cl3N8OS. The number of aromatic nitrogens is 4. The lowest BCUT2D eigenvalue weighted by atomic mass is 10.2. The van der Waals surface area contributed by atoms with Gasteiger partial charge >= 0.3 is 0 Å². The van der Waals surface area contributed by atoms with E-state index in [2.05, 4.69) is 25.7 Å². The highest BCUT2D eigenvalue weighted by Gasteiger charge is 2.28. The second-order valence-corrected chi connectivity index (χ2v) is 9.85. The van der Waals surface area contributed by atoms with E-state index in [1.807, 2.05) is 29.2 Å². The molecule has 0 saturated heterocycles. The van der Waals surface area contributed by atoms with Crippen molar-refractivity contribution in [3.63, 3.8) is 0 Å². The number of nitrogens with zero attached hydrogens (tertiary/aromatic N) is 6. The predicted molar refractivity (Wildman–Crippen MR) is 141 cm³/mol. The van der Waals surface area contributed by atoms with Crippen LogP contribution in [0.2, 0.25) is 15.1 Å². The highest BCUT2D eigenvalue weighted by molar-refractivity contribution is 7.99. The molecule has 0 spiro atoms. The molecule has 0 bridgehead atoms. The van der Waals surface area contributed by atoms with Gasteiger partial charge < -0.3 is 15.5 Å². The molecule has 9 nitrogen and oxygen atoms in total. The first-order valence-corrected chi connectivity index (χ1v) is 12.6. The van der Waals surface area contributed by atoms with Crippen LogP contribution in [0.15, 0.2) is 66.6 Å². The number of nitrogens with one attached hydrogen (secondary N) is 2. The van der Waals surface area contributed by atoms with Crippen LogP contribution in [0.4, 0.5) is 17.2 Å². The van der Waals surface area contributed by atoms with Gasteiger partial charge in [-0.05, 0) is 42.5 Å². The number of anilines is 3. The molecule has 2 aromatic carbocycles. The van der Waals surface area contributed by atoms with E-state index < -0.39 is 11.4 Å². The third-order valence-corrected chi connectivity index (χ3v) is 7.27. The van der Waals surface area contributed by atoms with Gasteiger partial charge in [0.15, 0.2) is 5.50 Å². The molecule has 36 heavy (non-hydrogen) atoms. The average molecular weight is 558 g/mol. The fourth-order valence-corrected chi connectivity index (χ4v) is 4.89. The molecule has 1 unspecified atom stereocenters. The van der Waals surface area contributed by atoms with Gasteiger partial charge in [-0.1, -0.05) is 34.8 Å². The van der Waals surface area contributed by atoms with Gasteiger partial charge in [0, 0.05) is 34.4 Å². The average Bonchev–Trinajstić information content (AvgIpc) is 3.35. The van der Waals surface area contributed by atoms with Gasteiger partial charge in [-0.15, -0.1) is 11.8 Å². The van der Waals surface area contributed by atoms with Gasteiger partial charge in [-0.3, -0.25) is 4.79 Å². The third-order valence-electron chi connectivity index (χ3n) is 5.15. The second kappa shape index (κ2) is 10.2. The van der Waals surface area contributed by atoms with Crippen LogP contribution in [-0.2, 0) is 10.5 Å². The first-order chi connectivity index (χ1) is 17.4. The van der Waals surface area contributed by atoms with Gasteiger partial charge in [0.05, 0.1) is 15.7 Å². The summed E-state index contributed by atoms with van der Waals surface area (Å²) >= 11 is 19.6. The lowest BCUT2D eigenvalue weighted by Gasteiger charge is -2.34. The second-order valence-electron chi connectivity index (χ2n) is 7.53. The first kappa shape index (κ1) is 24.2. The maximum Gasteiger partial charge on any atom is 0.265 e. The number of rotatable bonds is 6. The molecule has 0 radical (unpaired) electrons. The van der Waals surface area contributed by atoms with Crippen LogP contribution < -0.4 is 15.5 Å². The standard InChI is InChI=1S/C23H15Cl3N8OS/c24-14-1-4-17(5-2-14)33-10-13(9-27)21(35)32-23(33)36-11-16-8-20(34-22(31-16)28-12-29-34)30-15-3-6-18(25)19(26)7-15/h1-8,10,12,23,30H,11H2,(H,32,35). The summed E-state index contributed by atoms with van der Waals surface area (Å²) in [4.78, 5) is 23.0. The number of carbonyl (C=O) groups is 1. The molecule has 3 heterocycles. The SMILES string of the molecule is N#CC1=CN(c2ccc(Cl)cc2)C(SCc2cc(Nc3ccc(Cl)c(Cl)c3)n3ncnc3n2)NC1=O. The Morgan fingerprint density at radius 1 is 1.11 bits per heavy atom. The summed E-state index contributed by atoms with van der Waals surface area (Å²) in [6.07, 6.45) is 2.95. The van der Waals surface area contributed by atoms with Crippen molar-refractivity contribution in [2.45, 2.75) is 11.3 Å². The summed E-state index contributed by atoms with van der Waals surface area (Å²) in [5, 5.41) is 21.2. The summed E-state index contributed by atoms with van der Waals surface area (Å²) < 4.78 is 1.57. The quantitative estimate of drug-likeness (QED) is 0.325. The van der Waals surface area contributed by atoms with Crippen molar-refractivity contribution in [1.82, 2.24) is 24.9 Å². The van der Waals surface area contributed by atoms with Gasteiger partial charge in [-0.25, -0.2) is 4.98 Å². The number of fused-ring (bicyclic) bond motifs is 1. The Morgan fingerprint density at radius 2 is 1.92 bits per heavy atom. The van der Waals surface area contributed by atoms with Crippen LogP contribution in [-0.4, -0.2) is 31.0 Å². The highest BCUT2D eigenvalue weighted by atomic mass is 35.5. The minimum atomic E-state index is -0.488. The maximum absolute atomic E-state index is 12.4. The number of thioether (sulfide) groups is 1. The number of hydrogen-bond acceptors (Lipinski definition) is 8. The fourth-order valence-electron chi connectivity index (χ4n) is 3.46. The number of benzene rings is 2. The number of hydrogen-bond donors (Lipinski definition) is 2. The molecule has 1 amide bonds. The summed E-state index contributed by atoms with van der Waals surface area (Å²) in [5.74, 6) is 1.01. The Morgan fingerprint density at radius 3 is 2.67 bits per heavy atom. The molecule has 5 rings (SSSR count). The van der Waals surface area contributed by atoms with Crippen molar-refractivity contribution in [1.29, 1.82) is 5.26 Å². The Labute approximate surface area is 224 Å². The van der Waals surface area contributed by atoms with E-state index in [0.717, 1.165) is 5.69 Å². The van der Waals surface area contributed by atoms with E-state index in [4.69, 9.17) is 34.8 Å². The van der Waals surface area contributed by atoms with Crippen LogP contribution in [0.3, 0.4) is 0 Å². The van der Waals surface area contributed by atoms with Crippen molar-refractivity contribution in [2.75, 3.05) is 10.2 Å². The van der Waals surface area contributed by atoms with E-state index in [1.165, 1.54) is 24.3 Å². The largest absolute Gasteiger partial charge is 0.340 e. The molecule has 1 aliphatic heterocycles. The number of carbonyl (C=O) groups excluding carboxylic acids is 1. The van der Waals surface area contributed by atoms with Gasteiger partial charge in [0.1, 0.15) is 23.8 Å². The monoisotopic (exact) mass is 556 g/mol. The molecule has 2 N–H and O–H groups in total. The van der Waals surface area contributed by atoms with E-state index >= 15 is 0 Å². The van der Waals surface area contributed by atoms with Crippen LogP contribution in [0.1, 0.15) is 5.69 Å². The molecule has 0 fully saturated rings. The Hall–Kier alpha value is -3.49. The molecule has 0 saturated carbocycles. The summed E-state index contributed by atoms with van der Waals surface area (Å²) in [6, 6.07) is 16.1. The van der Waals surface area contributed by atoms with E-state index in [0.29, 0.717) is 43.8 Å². The smallest absolute Gasteiger partial charge is 0.265 e. The van der Waals surface area contributed by atoms with E-state index in [1.54, 1.807) is 34.8 Å². The molecule has 0 aliphatic carbocycles. The topological polar surface area (TPSA) is 111 Å². The van der Waals surface area contributed by atoms with Crippen LogP contribution in [0.5, 0.6) is 0 Å². The fraction of sp³-hybridized carbons (Fsp3) is 0.0870. The van der Waals surface area contributed by atoms with Crippen molar-refractivity contribution >= 4 is 75.4 Å².